The molecule has 1 fully saturated rings. The van der Waals surface area contributed by atoms with Gasteiger partial charge in [-0.25, -0.2) is 9.37 Å². The van der Waals surface area contributed by atoms with Gasteiger partial charge in [0.25, 0.3) is 0 Å². The number of nitrogens with zero attached hydrogens (tertiary/aromatic N) is 2. The molecule has 0 bridgehead atoms. The van der Waals surface area contributed by atoms with E-state index in [-0.39, 0.29) is 11.9 Å². The van der Waals surface area contributed by atoms with E-state index in [2.05, 4.69) is 4.98 Å². The summed E-state index contributed by atoms with van der Waals surface area (Å²) in [6.07, 6.45) is 6.51. The van der Waals surface area contributed by atoms with Crippen molar-refractivity contribution < 1.29 is 23.3 Å². The van der Waals surface area contributed by atoms with Crippen molar-refractivity contribution >= 4 is 0 Å². The fourth-order valence-corrected chi connectivity index (χ4v) is 3.50. The Hall–Kier alpha value is -2.90. The average molecular weight is 412 g/mol. The van der Waals surface area contributed by atoms with Gasteiger partial charge in [0.15, 0.2) is 5.79 Å². The highest BCUT2D eigenvalue weighted by Crippen LogP contribution is 2.31. The smallest absolute Gasteiger partial charge is 0.187 e. The third kappa shape index (κ3) is 5.17. The number of hydrogen-bond donors (Lipinski definition) is 0. The van der Waals surface area contributed by atoms with Crippen LogP contribution in [0.15, 0.2) is 67.3 Å². The van der Waals surface area contributed by atoms with Crippen LogP contribution in [-0.4, -0.2) is 41.8 Å². The van der Waals surface area contributed by atoms with Crippen LogP contribution in [0.25, 0.3) is 0 Å². The van der Waals surface area contributed by atoms with Crippen LogP contribution in [0.3, 0.4) is 0 Å². The minimum Gasteiger partial charge on any atom is -0.497 e. The number of hydrogen-bond acceptors (Lipinski definition) is 5. The first-order chi connectivity index (χ1) is 14.6. The summed E-state index contributed by atoms with van der Waals surface area (Å²) in [4.78, 5) is 4.11. The molecule has 4 rings (SSSR count). The van der Waals surface area contributed by atoms with E-state index in [0.717, 1.165) is 17.1 Å². The molecule has 0 amide bonds. The molecule has 2 aromatic carbocycles. The molecule has 0 spiro atoms. The van der Waals surface area contributed by atoms with Gasteiger partial charge in [0, 0.05) is 18.8 Å². The van der Waals surface area contributed by atoms with Crippen LogP contribution in [-0.2, 0) is 22.4 Å². The molecular formula is C23H25FN2O4. The second-order valence-electron chi connectivity index (χ2n) is 7.31. The molecule has 158 valence electrons. The maximum absolute atomic E-state index is 13.2. The lowest BCUT2D eigenvalue weighted by molar-refractivity contribution is -0.184. The van der Waals surface area contributed by atoms with Gasteiger partial charge < -0.3 is 23.5 Å². The van der Waals surface area contributed by atoms with Gasteiger partial charge >= 0.3 is 0 Å². The van der Waals surface area contributed by atoms with E-state index < -0.39 is 5.79 Å². The molecule has 0 radical (unpaired) electrons. The summed E-state index contributed by atoms with van der Waals surface area (Å²) in [5, 5.41) is 0. The highest BCUT2D eigenvalue weighted by molar-refractivity contribution is 5.31. The van der Waals surface area contributed by atoms with Crippen molar-refractivity contribution in [3.8, 4) is 11.5 Å². The van der Waals surface area contributed by atoms with Gasteiger partial charge in [-0.1, -0.05) is 12.1 Å². The fourth-order valence-electron chi connectivity index (χ4n) is 3.50. The largest absolute Gasteiger partial charge is 0.497 e. The lowest BCUT2D eigenvalue weighted by Crippen LogP contribution is -2.37. The second kappa shape index (κ2) is 9.28. The Bertz CT molecular complexity index is 915. The molecule has 1 saturated heterocycles. The fraction of sp³-hybridized carbons (Fsp3) is 0.348. The zero-order valence-corrected chi connectivity index (χ0v) is 16.9. The lowest BCUT2D eigenvalue weighted by atomic mass is 10.0. The highest BCUT2D eigenvalue weighted by atomic mass is 19.1. The topological polar surface area (TPSA) is 54.7 Å². The van der Waals surface area contributed by atoms with E-state index in [4.69, 9.17) is 18.9 Å². The standard InChI is InChI=1S/C23H25FN2O4/c1-27-20-6-8-21(9-7-20)28-14-22-15-29-23(30-22,16-26-13-12-25-17-26)11-10-18-2-4-19(24)5-3-18/h2-9,12-13,17,22H,10-11,14-16H2,1H3. The Morgan fingerprint density at radius 1 is 1.13 bits per heavy atom. The number of aromatic nitrogens is 2. The first kappa shape index (κ1) is 20.4. The molecule has 1 aliphatic heterocycles. The minimum atomic E-state index is -0.789. The molecule has 6 nitrogen and oxygen atoms in total. The number of aryl methyl sites for hydroxylation is 1. The van der Waals surface area contributed by atoms with Crippen molar-refractivity contribution in [1.82, 2.24) is 9.55 Å². The van der Waals surface area contributed by atoms with Gasteiger partial charge in [0.1, 0.15) is 30.0 Å². The van der Waals surface area contributed by atoms with Crippen LogP contribution in [0.1, 0.15) is 12.0 Å². The van der Waals surface area contributed by atoms with E-state index >= 15 is 0 Å². The van der Waals surface area contributed by atoms with E-state index in [1.807, 2.05) is 35.0 Å². The number of halogens is 1. The summed E-state index contributed by atoms with van der Waals surface area (Å²) in [6, 6.07) is 14.0. The van der Waals surface area contributed by atoms with Gasteiger partial charge in [-0.05, 0) is 48.4 Å². The van der Waals surface area contributed by atoms with Crippen molar-refractivity contribution in [1.29, 1.82) is 0 Å². The van der Waals surface area contributed by atoms with Crippen molar-refractivity contribution in [2.24, 2.45) is 0 Å². The SMILES string of the molecule is COc1ccc(OCC2COC(CCc3ccc(F)cc3)(Cn3ccnc3)O2)cc1. The molecule has 1 aliphatic rings. The first-order valence-electron chi connectivity index (χ1n) is 9.93. The maximum Gasteiger partial charge on any atom is 0.187 e. The summed E-state index contributed by atoms with van der Waals surface area (Å²) >= 11 is 0. The van der Waals surface area contributed by atoms with Crippen LogP contribution < -0.4 is 9.47 Å². The Balaban J connectivity index is 1.39. The molecule has 2 heterocycles. The summed E-state index contributed by atoms with van der Waals surface area (Å²) in [6.45, 7) is 1.34. The first-order valence-corrected chi connectivity index (χ1v) is 9.93. The molecule has 30 heavy (non-hydrogen) atoms. The van der Waals surface area contributed by atoms with E-state index in [1.165, 1.54) is 12.1 Å². The van der Waals surface area contributed by atoms with E-state index in [9.17, 15) is 4.39 Å². The molecular weight excluding hydrogens is 387 g/mol. The number of methoxy groups -OCH3 is 1. The Morgan fingerprint density at radius 3 is 2.60 bits per heavy atom. The predicted molar refractivity (Wildman–Crippen MR) is 109 cm³/mol. The van der Waals surface area contributed by atoms with Crippen LogP contribution in [0.4, 0.5) is 4.39 Å². The number of ether oxygens (including phenoxy) is 4. The molecule has 7 heteroatoms. The van der Waals surface area contributed by atoms with Crippen LogP contribution in [0.2, 0.25) is 0 Å². The van der Waals surface area contributed by atoms with Crippen molar-refractivity contribution in [2.45, 2.75) is 31.3 Å². The number of rotatable bonds is 9. The average Bonchev–Trinajstić information content (AvgIpc) is 3.43. The van der Waals surface area contributed by atoms with Gasteiger partial charge in [0.05, 0.1) is 26.6 Å². The number of imidazole rings is 1. The molecule has 0 saturated carbocycles. The van der Waals surface area contributed by atoms with Crippen LogP contribution in [0.5, 0.6) is 11.5 Å². The summed E-state index contributed by atoms with van der Waals surface area (Å²) < 4.78 is 38.7. The predicted octanol–water partition coefficient (Wildman–Crippen LogP) is 3.85. The molecule has 2 atom stereocenters. The van der Waals surface area contributed by atoms with E-state index in [1.54, 1.807) is 31.8 Å². The summed E-state index contributed by atoms with van der Waals surface area (Å²) in [5.41, 5.74) is 1.03. The second-order valence-corrected chi connectivity index (χ2v) is 7.31. The Morgan fingerprint density at radius 2 is 1.90 bits per heavy atom. The number of benzene rings is 2. The van der Waals surface area contributed by atoms with Crippen LogP contribution in [0, 0.1) is 5.82 Å². The molecule has 0 N–H and O–H groups in total. The highest BCUT2D eigenvalue weighted by Gasteiger charge is 2.42. The molecule has 3 aromatic rings. The third-order valence-corrected chi connectivity index (χ3v) is 5.10. The zero-order chi connectivity index (χ0) is 20.8. The Kier molecular flexibility index (Phi) is 6.30. The molecule has 0 aliphatic carbocycles. The Labute approximate surface area is 175 Å². The third-order valence-electron chi connectivity index (χ3n) is 5.10. The van der Waals surface area contributed by atoms with Gasteiger partial charge in [0.2, 0.25) is 0 Å². The zero-order valence-electron chi connectivity index (χ0n) is 16.9. The molecule has 1 aromatic heterocycles. The van der Waals surface area contributed by atoms with Gasteiger partial charge in [-0.3, -0.25) is 0 Å². The summed E-state index contributed by atoms with van der Waals surface area (Å²) in [7, 11) is 1.63. The lowest BCUT2D eigenvalue weighted by Gasteiger charge is -2.28. The monoisotopic (exact) mass is 412 g/mol. The maximum atomic E-state index is 13.2. The minimum absolute atomic E-state index is 0.191. The summed E-state index contributed by atoms with van der Waals surface area (Å²) in [5.74, 6) is 0.500. The van der Waals surface area contributed by atoms with Gasteiger partial charge in [-0.2, -0.15) is 0 Å². The molecule has 2 unspecified atom stereocenters. The normalized spacial score (nSPS) is 20.9. The van der Waals surface area contributed by atoms with Crippen molar-refractivity contribution in [3.05, 3.63) is 78.6 Å². The van der Waals surface area contributed by atoms with Crippen molar-refractivity contribution in [3.63, 3.8) is 0 Å². The van der Waals surface area contributed by atoms with Crippen LogP contribution >= 0.6 is 0 Å². The van der Waals surface area contributed by atoms with Gasteiger partial charge in [-0.15, -0.1) is 0 Å². The quantitative estimate of drug-likeness (QED) is 0.534. The van der Waals surface area contributed by atoms with Crippen molar-refractivity contribution in [2.75, 3.05) is 20.3 Å². The van der Waals surface area contributed by atoms with E-state index in [0.29, 0.717) is 32.6 Å².